The summed E-state index contributed by atoms with van der Waals surface area (Å²) in [6.07, 6.45) is 2.19. The summed E-state index contributed by atoms with van der Waals surface area (Å²) < 4.78 is 27.9. The van der Waals surface area contributed by atoms with Gasteiger partial charge in [-0.15, -0.1) is 0 Å². The average Bonchev–Trinajstić information content (AvgIpc) is 2.79. The van der Waals surface area contributed by atoms with E-state index >= 15 is 0 Å². The van der Waals surface area contributed by atoms with Gasteiger partial charge in [-0.1, -0.05) is 15.9 Å². The van der Waals surface area contributed by atoms with Crippen molar-refractivity contribution in [2.24, 2.45) is 0 Å². The lowest BCUT2D eigenvalue weighted by Crippen LogP contribution is -2.35. The fraction of sp³-hybridized carbons (Fsp3) is 0.348. The number of hydrogen-bond donors (Lipinski definition) is 0. The van der Waals surface area contributed by atoms with Gasteiger partial charge in [0.25, 0.3) is 0 Å². The van der Waals surface area contributed by atoms with Crippen molar-refractivity contribution in [3.8, 4) is 23.0 Å². The number of carbonyl (C=O) groups excluding carboxylic acids is 1. The molecule has 0 saturated carbocycles. The lowest BCUT2D eigenvalue weighted by Gasteiger charge is -2.31. The molecule has 1 heterocycles. The topological polar surface area (TPSA) is 66.5 Å². The number of rotatable bonds is 6. The molecule has 1 amide bonds. The average molecular weight is 492 g/mol. The van der Waals surface area contributed by atoms with Crippen LogP contribution in [-0.2, 0) is 11.2 Å². The SMILES string of the molecule is CCOC(=O)N1CCc2cc(OC)c(OC)cc2/C1=C/c1cc(OC)c(OC)cc1Br. The molecule has 1 aliphatic rings. The van der Waals surface area contributed by atoms with Crippen LogP contribution >= 0.6 is 15.9 Å². The van der Waals surface area contributed by atoms with Crippen molar-refractivity contribution in [3.05, 3.63) is 45.4 Å². The molecule has 0 atom stereocenters. The highest BCUT2D eigenvalue weighted by atomic mass is 79.9. The van der Waals surface area contributed by atoms with Gasteiger partial charge in [-0.3, -0.25) is 4.90 Å². The van der Waals surface area contributed by atoms with Gasteiger partial charge in [-0.05, 0) is 54.8 Å². The summed E-state index contributed by atoms with van der Waals surface area (Å²) in [6, 6.07) is 7.53. The summed E-state index contributed by atoms with van der Waals surface area (Å²) in [4.78, 5) is 14.4. The zero-order valence-electron chi connectivity index (χ0n) is 18.3. The molecule has 3 rings (SSSR count). The van der Waals surface area contributed by atoms with Gasteiger partial charge in [0.2, 0.25) is 0 Å². The van der Waals surface area contributed by atoms with Crippen LogP contribution in [0.5, 0.6) is 23.0 Å². The van der Waals surface area contributed by atoms with Gasteiger partial charge in [-0.2, -0.15) is 0 Å². The second-order valence-corrected chi connectivity index (χ2v) is 7.58. The highest BCUT2D eigenvalue weighted by Gasteiger charge is 2.29. The number of fused-ring (bicyclic) bond motifs is 1. The Labute approximate surface area is 190 Å². The normalized spacial score (nSPS) is 14.1. The second kappa shape index (κ2) is 9.96. The molecule has 0 N–H and O–H groups in total. The first-order valence-electron chi connectivity index (χ1n) is 9.80. The molecule has 7 nitrogen and oxygen atoms in total. The van der Waals surface area contributed by atoms with Crippen LogP contribution in [0, 0.1) is 0 Å². The van der Waals surface area contributed by atoms with Crippen LogP contribution in [0.25, 0.3) is 11.8 Å². The summed E-state index contributed by atoms with van der Waals surface area (Å²) in [7, 11) is 6.36. The zero-order chi connectivity index (χ0) is 22.5. The van der Waals surface area contributed by atoms with Crippen molar-refractivity contribution in [2.75, 3.05) is 41.6 Å². The van der Waals surface area contributed by atoms with Crippen LogP contribution in [0.2, 0.25) is 0 Å². The van der Waals surface area contributed by atoms with Gasteiger partial charge in [0, 0.05) is 16.6 Å². The van der Waals surface area contributed by atoms with E-state index < -0.39 is 6.09 Å². The summed E-state index contributed by atoms with van der Waals surface area (Å²) in [6.45, 7) is 2.57. The fourth-order valence-corrected chi connectivity index (χ4v) is 3.98. The van der Waals surface area contributed by atoms with E-state index in [4.69, 9.17) is 23.7 Å². The molecule has 0 radical (unpaired) electrons. The number of carbonyl (C=O) groups is 1. The van der Waals surface area contributed by atoms with E-state index in [0.29, 0.717) is 48.3 Å². The summed E-state index contributed by atoms with van der Waals surface area (Å²) in [5, 5.41) is 0. The lowest BCUT2D eigenvalue weighted by atomic mass is 9.94. The van der Waals surface area contributed by atoms with E-state index in [1.165, 1.54) is 0 Å². The van der Waals surface area contributed by atoms with E-state index in [9.17, 15) is 4.79 Å². The van der Waals surface area contributed by atoms with Gasteiger partial charge in [0.05, 0.1) is 40.7 Å². The number of benzene rings is 2. The Morgan fingerprint density at radius 1 is 0.968 bits per heavy atom. The third-order valence-corrected chi connectivity index (χ3v) is 5.75. The van der Waals surface area contributed by atoms with Crippen molar-refractivity contribution in [3.63, 3.8) is 0 Å². The molecule has 0 aliphatic carbocycles. The van der Waals surface area contributed by atoms with Crippen molar-refractivity contribution in [1.29, 1.82) is 0 Å². The molecule has 31 heavy (non-hydrogen) atoms. The van der Waals surface area contributed by atoms with Gasteiger partial charge < -0.3 is 23.7 Å². The van der Waals surface area contributed by atoms with Crippen molar-refractivity contribution in [2.45, 2.75) is 13.3 Å². The molecule has 8 heteroatoms. The van der Waals surface area contributed by atoms with Gasteiger partial charge in [0.15, 0.2) is 23.0 Å². The largest absolute Gasteiger partial charge is 0.493 e. The summed E-state index contributed by atoms with van der Waals surface area (Å²) in [5.41, 5.74) is 3.46. The maximum absolute atomic E-state index is 12.7. The minimum absolute atomic E-state index is 0.293. The second-order valence-electron chi connectivity index (χ2n) is 6.72. The van der Waals surface area contributed by atoms with Crippen molar-refractivity contribution in [1.82, 2.24) is 4.90 Å². The number of methoxy groups -OCH3 is 4. The first kappa shape index (κ1) is 22.8. The first-order chi connectivity index (χ1) is 15.0. The summed E-state index contributed by atoms with van der Waals surface area (Å²) >= 11 is 3.60. The van der Waals surface area contributed by atoms with Crippen LogP contribution in [0.3, 0.4) is 0 Å². The predicted octanol–water partition coefficient (Wildman–Crippen LogP) is 5.00. The van der Waals surface area contributed by atoms with Crippen LogP contribution in [0.1, 0.15) is 23.6 Å². The van der Waals surface area contributed by atoms with Crippen molar-refractivity contribution < 1.29 is 28.5 Å². The summed E-state index contributed by atoms with van der Waals surface area (Å²) in [5.74, 6) is 2.43. The van der Waals surface area contributed by atoms with E-state index in [0.717, 1.165) is 21.2 Å². The Balaban J connectivity index is 2.21. The third kappa shape index (κ3) is 4.58. The Bertz CT molecular complexity index is 1000. The van der Waals surface area contributed by atoms with E-state index in [-0.39, 0.29) is 0 Å². The van der Waals surface area contributed by atoms with Crippen LogP contribution in [-0.4, -0.2) is 52.6 Å². The standard InChI is InChI=1S/C23H26BrNO6/c1-6-31-23(26)25-8-7-14-10-19(27-2)21(29-4)12-16(14)18(25)9-15-11-20(28-3)22(30-5)13-17(15)24/h9-13H,6-8H2,1-5H3/b18-9-. The molecule has 0 bridgehead atoms. The van der Waals surface area contributed by atoms with E-state index in [2.05, 4.69) is 15.9 Å². The highest BCUT2D eigenvalue weighted by molar-refractivity contribution is 9.10. The molecule has 0 saturated heterocycles. The molecule has 2 aromatic rings. The van der Waals surface area contributed by atoms with E-state index in [1.807, 2.05) is 30.3 Å². The minimum atomic E-state index is -0.397. The molecular weight excluding hydrogens is 466 g/mol. The maximum Gasteiger partial charge on any atom is 0.414 e. The minimum Gasteiger partial charge on any atom is -0.493 e. The highest BCUT2D eigenvalue weighted by Crippen LogP contribution is 2.40. The Morgan fingerprint density at radius 3 is 2.16 bits per heavy atom. The van der Waals surface area contributed by atoms with Gasteiger partial charge in [0.1, 0.15) is 0 Å². The third-order valence-electron chi connectivity index (χ3n) is 5.06. The lowest BCUT2D eigenvalue weighted by molar-refractivity contribution is 0.125. The fourth-order valence-electron chi connectivity index (χ4n) is 3.54. The van der Waals surface area contributed by atoms with Crippen LogP contribution < -0.4 is 18.9 Å². The Kier molecular flexibility index (Phi) is 7.33. The predicted molar refractivity (Wildman–Crippen MR) is 122 cm³/mol. The number of nitrogens with zero attached hydrogens (tertiary/aromatic N) is 1. The number of hydrogen-bond acceptors (Lipinski definition) is 6. The Hall–Kier alpha value is -2.87. The Morgan fingerprint density at radius 2 is 1.55 bits per heavy atom. The quantitative estimate of drug-likeness (QED) is 0.566. The molecule has 166 valence electrons. The molecule has 2 aromatic carbocycles. The number of halogens is 1. The molecule has 0 unspecified atom stereocenters. The molecule has 0 spiro atoms. The van der Waals surface area contributed by atoms with Crippen LogP contribution in [0.15, 0.2) is 28.7 Å². The smallest absolute Gasteiger partial charge is 0.414 e. The molecular formula is C23H26BrNO6. The van der Waals surface area contributed by atoms with Gasteiger partial charge >= 0.3 is 6.09 Å². The maximum atomic E-state index is 12.7. The molecule has 1 aliphatic heterocycles. The number of amides is 1. The monoisotopic (exact) mass is 491 g/mol. The van der Waals surface area contributed by atoms with Crippen LogP contribution in [0.4, 0.5) is 4.79 Å². The molecule has 0 aromatic heterocycles. The van der Waals surface area contributed by atoms with E-state index in [1.54, 1.807) is 40.3 Å². The van der Waals surface area contributed by atoms with Crippen molar-refractivity contribution >= 4 is 33.8 Å². The zero-order valence-corrected chi connectivity index (χ0v) is 19.9. The molecule has 0 fully saturated rings. The number of ether oxygens (including phenoxy) is 5. The van der Waals surface area contributed by atoms with Gasteiger partial charge in [-0.25, -0.2) is 4.79 Å². The first-order valence-corrected chi connectivity index (χ1v) is 10.6.